The minimum absolute atomic E-state index is 0.104. The number of benzene rings is 2. The van der Waals surface area contributed by atoms with Gasteiger partial charge >= 0.3 is 0 Å². The van der Waals surface area contributed by atoms with E-state index >= 15 is 0 Å². The van der Waals surface area contributed by atoms with Crippen molar-refractivity contribution in [3.63, 3.8) is 0 Å². The Morgan fingerprint density at radius 1 is 1.20 bits per heavy atom. The van der Waals surface area contributed by atoms with E-state index in [0.29, 0.717) is 5.69 Å². The number of nitro groups is 1. The van der Waals surface area contributed by atoms with Gasteiger partial charge in [-0.3, -0.25) is 19.9 Å². The quantitative estimate of drug-likeness (QED) is 0.496. The number of nitrogens with zero attached hydrogens (tertiary/aromatic N) is 3. The Bertz CT molecular complexity index is 900. The third-order valence-corrected chi connectivity index (χ3v) is 3.82. The van der Waals surface area contributed by atoms with Gasteiger partial charge in [-0.25, -0.2) is 5.43 Å². The van der Waals surface area contributed by atoms with Crippen LogP contribution in [0.5, 0.6) is 0 Å². The predicted octanol–water partition coefficient (Wildman–Crippen LogP) is 1.86. The van der Waals surface area contributed by atoms with Crippen LogP contribution >= 0.6 is 0 Å². The highest BCUT2D eigenvalue weighted by Crippen LogP contribution is 2.26. The van der Waals surface area contributed by atoms with Crippen LogP contribution in [0.25, 0.3) is 0 Å². The molecule has 0 aromatic heterocycles. The molecular weight excluding hydrogens is 322 g/mol. The molecule has 0 amide bonds. The van der Waals surface area contributed by atoms with E-state index in [0.717, 1.165) is 0 Å². The SMILES string of the molecule is N#CC1=C(N)N(c2ccccc2)NC1C(=O)c1ccc([N+](=O)[O-])cc1. The summed E-state index contributed by atoms with van der Waals surface area (Å²) in [5.74, 6) is -0.248. The number of anilines is 1. The van der Waals surface area contributed by atoms with Crippen LogP contribution in [0.3, 0.4) is 0 Å². The molecule has 0 spiro atoms. The second-order valence-corrected chi connectivity index (χ2v) is 5.31. The van der Waals surface area contributed by atoms with E-state index in [9.17, 15) is 20.2 Å². The Morgan fingerprint density at radius 2 is 1.84 bits per heavy atom. The van der Waals surface area contributed by atoms with Crippen LogP contribution in [-0.4, -0.2) is 16.7 Å². The van der Waals surface area contributed by atoms with Gasteiger partial charge < -0.3 is 5.73 Å². The number of carbonyl (C=O) groups excluding carboxylic acids is 1. The molecule has 1 atom stereocenters. The highest BCUT2D eigenvalue weighted by atomic mass is 16.6. The topological polar surface area (TPSA) is 125 Å². The van der Waals surface area contributed by atoms with E-state index in [1.807, 2.05) is 24.3 Å². The van der Waals surface area contributed by atoms with E-state index in [1.54, 1.807) is 12.1 Å². The average molecular weight is 335 g/mol. The Kier molecular flexibility index (Phi) is 4.16. The fourth-order valence-electron chi connectivity index (χ4n) is 2.55. The second-order valence-electron chi connectivity index (χ2n) is 5.31. The summed E-state index contributed by atoms with van der Waals surface area (Å²) < 4.78 is 0. The number of hydrazine groups is 1. The molecule has 124 valence electrons. The zero-order valence-electron chi connectivity index (χ0n) is 12.9. The number of ketones is 1. The first-order valence-corrected chi connectivity index (χ1v) is 7.32. The minimum Gasteiger partial charge on any atom is -0.383 e. The number of nitrogens with two attached hydrogens (primary N) is 1. The molecule has 0 bridgehead atoms. The second kappa shape index (κ2) is 6.43. The number of nitrogens with one attached hydrogen (secondary N) is 1. The maximum absolute atomic E-state index is 12.7. The van der Waals surface area contributed by atoms with Crippen LogP contribution in [0.15, 0.2) is 66.0 Å². The van der Waals surface area contributed by atoms with Crippen LogP contribution in [0.1, 0.15) is 10.4 Å². The van der Waals surface area contributed by atoms with Crippen molar-refractivity contribution in [1.82, 2.24) is 5.43 Å². The van der Waals surface area contributed by atoms with Crippen molar-refractivity contribution in [1.29, 1.82) is 5.26 Å². The van der Waals surface area contributed by atoms with E-state index in [1.165, 1.54) is 29.3 Å². The van der Waals surface area contributed by atoms with E-state index in [-0.39, 0.29) is 22.6 Å². The number of non-ortho nitro benzene ring substituents is 1. The summed E-state index contributed by atoms with van der Waals surface area (Å²) in [5.41, 5.74) is 9.86. The van der Waals surface area contributed by atoms with Crippen molar-refractivity contribution in [2.75, 3.05) is 5.01 Å². The smallest absolute Gasteiger partial charge is 0.269 e. The molecule has 8 heteroatoms. The van der Waals surface area contributed by atoms with Gasteiger partial charge in [-0.2, -0.15) is 5.26 Å². The van der Waals surface area contributed by atoms with Crippen LogP contribution < -0.4 is 16.2 Å². The summed E-state index contributed by atoms with van der Waals surface area (Å²) in [7, 11) is 0. The van der Waals surface area contributed by atoms with Gasteiger partial charge in [0.2, 0.25) is 0 Å². The van der Waals surface area contributed by atoms with Gasteiger partial charge in [-0.15, -0.1) is 0 Å². The van der Waals surface area contributed by atoms with Crippen LogP contribution in [0.2, 0.25) is 0 Å². The zero-order valence-corrected chi connectivity index (χ0v) is 12.9. The first kappa shape index (κ1) is 16.2. The molecule has 3 rings (SSSR count). The standard InChI is InChI=1S/C17H13N5O3/c18-10-14-15(16(23)11-6-8-13(9-7-11)22(24)25)20-21(17(14)19)12-4-2-1-3-5-12/h1-9,15,20H,19H2. The lowest BCUT2D eigenvalue weighted by molar-refractivity contribution is -0.384. The third-order valence-electron chi connectivity index (χ3n) is 3.82. The number of nitriles is 1. The summed E-state index contributed by atoms with van der Waals surface area (Å²) in [6.07, 6.45) is 0. The Labute approximate surface area is 142 Å². The molecule has 0 saturated heterocycles. The van der Waals surface area contributed by atoms with Crippen molar-refractivity contribution in [3.8, 4) is 6.07 Å². The molecule has 0 aliphatic carbocycles. The molecule has 1 heterocycles. The van der Waals surface area contributed by atoms with Gasteiger partial charge in [0.25, 0.3) is 5.69 Å². The Hall–Kier alpha value is -3.70. The van der Waals surface area contributed by atoms with Crippen LogP contribution in [0, 0.1) is 21.4 Å². The van der Waals surface area contributed by atoms with Gasteiger partial charge in [0, 0.05) is 17.7 Å². The normalized spacial score (nSPS) is 16.6. The lowest BCUT2D eigenvalue weighted by atomic mass is 9.99. The number of para-hydroxylation sites is 1. The number of carbonyl (C=O) groups is 1. The maximum atomic E-state index is 12.7. The summed E-state index contributed by atoms with van der Waals surface area (Å²) >= 11 is 0. The largest absolute Gasteiger partial charge is 0.383 e. The predicted molar refractivity (Wildman–Crippen MR) is 90.1 cm³/mol. The fourth-order valence-corrected chi connectivity index (χ4v) is 2.55. The molecule has 0 fully saturated rings. The number of rotatable bonds is 4. The molecule has 25 heavy (non-hydrogen) atoms. The van der Waals surface area contributed by atoms with Gasteiger partial charge in [0.05, 0.1) is 16.2 Å². The zero-order chi connectivity index (χ0) is 18.0. The molecule has 3 N–H and O–H groups in total. The number of nitro benzene ring substituents is 1. The van der Waals surface area contributed by atoms with Crippen molar-refractivity contribution in [3.05, 3.63) is 81.7 Å². The van der Waals surface area contributed by atoms with Crippen molar-refractivity contribution < 1.29 is 9.72 Å². The summed E-state index contributed by atoms with van der Waals surface area (Å²) in [6.45, 7) is 0. The highest BCUT2D eigenvalue weighted by Gasteiger charge is 2.36. The first-order chi connectivity index (χ1) is 12.0. The molecule has 8 nitrogen and oxygen atoms in total. The summed E-state index contributed by atoms with van der Waals surface area (Å²) in [4.78, 5) is 22.9. The van der Waals surface area contributed by atoms with Crippen molar-refractivity contribution in [2.45, 2.75) is 6.04 Å². The van der Waals surface area contributed by atoms with Gasteiger partial charge in [0.1, 0.15) is 17.9 Å². The molecule has 0 saturated carbocycles. The monoisotopic (exact) mass is 335 g/mol. The van der Waals surface area contributed by atoms with Crippen LogP contribution in [-0.2, 0) is 0 Å². The van der Waals surface area contributed by atoms with Gasteiger partial charge in [0.15, 0.2) is 5.78 Å². The van der Waals surface area contributed by atoms with E-state index in [2.05, 4.69) is 5.43 Å². The lowest BCUT2D eigenvalue weighted by Gasteiger charge is -2.21. The average Bonchev–Trinajstić information content (AvgIpc) is 2.98. The van der Waals surface area contributed by atoms with E-state index < -0.39 is 16.7 Å². The van der Waals surface area contributed by atoms with E-state index in [4.69, 9.17) is 5.73 Å². The Balaban J connectivity index is 1.91. The molecule has 1 unspecified atom stereocenters. The summed E-state index contributed by atoms with van der Waals surface area (Å²) in [6, 6.07) is 15.2. The van der Waals surface area contributed by atoms with Gasteiger partial charge in [-0.05, 0) is 24.3 Å². The summed E-state index contributed by atoms with van der Waals surface area (Å²) in [5, 5.41) is 21.6. The van der Waals surface area contributed by atoms with Gasteiger partial charge in [-0.1, -0.05) is 18.2 Å². The number of hydrogen-bond donors (Lipinski definition) is 2. The molecular formula is C17H13N5O3. The third kappa shape index (κ3) is 2.91. The molecule has 2 aromatic carbocycles. The lowest BCUT2D eigenvalue weighted by Crippen LogP contribution is -2.43. The highest BCUT2D eigenvalue weighted by molar-refractivity contribution is 6.03. The number of hydrogen-bond acceptors (Lipinski definition) is 7. The molecule has 0 radical (unpaired) electrons. The van der Waals surface area contributed by atoms with Crippen molar-refractivity contribution in [2.24, 2.45) is 5.73 Å². The number of Topliss-reactive ketones (excluding diaryl/α,β-unsaturated/α-hetero) is 1. The van der Waals surface area contributed by atoms with Crippen LogP contribution in [0.4, 0.5) is 11.4 Å². The molecule has 1 aliphatic heterocycles. The molecule has 2 aromatic rings. The molecule has 1 aliphatic rings. The maximum Gasteiger partial charge on any atom is 0.269 e. The fraction of sp³-hybridized carbons (Fsp3) is 0.0588. The minimum atomic E-state index is -0.952. The first-order valence-electron chi connectivity index (χ1n) is 7.32. The Morgan fingerprint density at radius 3 is 2.40 bits per heavy atom. The van der Waals surface area contributed by atoms with Crippen molar-refractivity contribution >= 4 is 17.2 Å².